The molecule has 1 saturated heterocycles. The fourth-order valence-corrected chi connectivity index (χ4v) is 2.52. The lowest BCUT2D eigenvalue weighted by Crippen LogP contribution is -2.34. The number of amides is 1. The van der Waals surface area contributed by atoms with E-state index in [4.69, 9.17) is 5.11 Å². The summed E-state index contributed by atoms with van der Waals surface area (Å²) in [4.78, 5) is 12.7. The van der Waals surface area contributed by atoms with Crippen molar-refractivity contribution in [1.82, 2.24) is 4.90 Å². The number of hydrogen-bond donors (Lipinski definition) is 2. The number of aliphatic hydroxyl groups is 2. The Bertz CT molecular complexity index is 504. The van der Waals surface area contributed by atoms with E-state index < -0.39 is 36.4 Å². The van der Waals surface area contributed by atoms with Gasteiger partial charge in [-0.1, -0.05) is 18.2 Å². The number of nitrogens with zero attached hydrogens (tertiary/aromatic N) is 1. The van der Waals surface area contributed by atoms with E-state index in [0.29, 0.717) is 0 Å². The number of halogens is 3. The van der Waals surface area contributed by atoms with Gasteiger partial charge in [-0.25, -0.2) is 0 Å². The van der Waals surface area contributed by atoms with Crippen LogP contribution in [-0.2, 0) is 11.0 Å². The van der Waals surface area contributed by atoms with Gasteiger partial charge in [0.15, 0.2) is 0 Å². The second kappa shape index (κ2) is 5.41. The number of carbonyl (C=O) groups is 1. The van der Waals surface area contributed by atoms with Crippen LogP contribution >= 0.6 is 0 Å². The van der Waals surface area contributed by atoms with Crippen molar-refractivity contribution in [3.63, 3.8) is 0 Å². The van der Waals surface area contributed by atoms with Crippen LogP contribution in [0.4, 0.5) is 13.2 Å². The van der Waals surface area contributed by atoms with Gasteiger partial charge < -0.3 is 15.1 Å². The number of likely N-dealkylation sites (tertiary alicyclic amines) is 1. The molecule has 1 aliphatic rings. The van der Waals surface area contributed by atoms with Gasteiger partial charge in [-0.15, -0.1) is 0 Å². The molecule has 0 aliphatic carbocycles. The van der Waals surface area contributed by atoms with Crippen LogP contribution in [0, 0.1) is 0 Å². The molecule has 1 aromatic carbocycles. The molecule has 1 amide bonds. The fourth-order valence-electron chi connectivity index (χ4n) is 2.52. The van der Waals surface area contributed by atoms with Crippen LogP contribution in [0.15, 0.2) is 24.3 Å². The average molecular weight is 289 g/mol. The van der Waals surface area contributed by atoms with E-state index in [1.807, 2.05) is 0 Å². The third kappa shape index (κ3) is 2.78. The molecule has 0 spiro atoms. The molecule has 2 rings (SSSR count). The molecule has 0 bridgehead atoms. The molecule has 0 saturated carbocycles. The fraction of sp³-hybridized carbons (Fsp3) is 0.462. The van der Waals surface area contributed by atoms with Crippen LogP contribution in [-0.4, -0.2) is 40.3 Å². The Labute approximate surface area is 113 Å². The van der Waals surface area contributed by atoms with Crippen molar-refractivity contribution >= 4 is 5.91 Å². The summed E-state index contributed by atoms with van der Waals surface area (Å²) < 4.78 is 39.0. The third-order valence-electron chi connectivity index (χ3n) is 3.36. The zero-order valence-electron chi connectivity index (χ0n) is 10.5. The monoisotopic (exact) mass is 289 g/mol. The Morgan fingerprint density at radius 1 is 1.35 bits per heavy atom. The van der Waals surface area contributed by atoms with Crippen molar-refractivity contribution in [2.24, 2.45) is 0 Å². The molecular weight excluding hydrogens is 275 g/mol. The first kappa shape index (κ1) is 14.8. The summed E-state index contributed by atoms with van der Waals surface area (Å²) in [6.07, 6.45) is -5.39. The molecule has 20 heavy (non-hydrogen) atoms. The summed E-state index contributed by atoms with van der Waals surface area (Å²) in [6, 6.07) is 4.10. The summed E-state index contributed by atoms with van der Waals surface area (Å²) in [7, 11) is 0. The van der Waals surface area contributed by atoms with E-state index in [0.717, 1.165) is 11.0 Å². The van der Waals surface area contributed by atoms with Gasteiger partial charge in [0.25, 0.3) is 0 Å². The van der Waals surface area contributed by atoms with Crippen molar-refractivity contribution in [3.8, 4) is 0 Å². The lowest BCUT2D eigenvalue weighted by Gasteiger charge is -2.26. The number of aliphatic hydroxyl groups excluding tert-OH is 2. The quantitative estimate of drug-likeness (QED) is 0.863. The molecule has 1 aromatic rings. The molecular formula is C13H14F3NO3. The molecule has 1 heterocycles. The Hall–Kier alpha value is -1.60. The maximum atomic E-state index is 13.0. The zero-order chi connectivity index (χ0) is 14.9. The first-order chi connectivity index (χ1) is 9.34. The summed E-state index contributed by atoms with van der Waals surface area (Å²) in [6.45, 7) is -0.867. The molecule has 1 aliphatic heterocycles. The number of benzene rings is 1. The molecule has 0 radical (unpaired) electrons. The first-order valence-electron chi connectivity index (χ1n) is 6.09. The minimum Gasteiger partial charge on any atom is -0.391 e. The molecule has 7 heteroatoms. The smallest absolute Gasteiger partial charge is 0.391 e. The van der Waals surface area contributed by atoms with Crippen LogP contribution in [0.1, 0.15) is 23.6 Å². The van der Waals surface area contributed by atoms with E-state index in [9.17, 15) is 23.1 Å². The second-order valence-electron chi connectivity index (χ2n) is 4.69. The molecule has 1 fully saturated rings. The van der Waals surface area contributed by atoms with Crippen LogP contribution in [0.2, 0.25) is 0 Å². The van der Waals surface area contributed by atoms with Crippen LogP contribution in [0.25, 0.3) is 0 Å². The highest BCUT2D eigenvalue weighted by atomic mass is 19.4. The lowest BCUT2D eigenvalue weighted by molar-refractivity contribution is -0.141. The van der Waals surface area contributed by atoms with Gasteiger partial charge in [0.05, 0.1) is 17.7 Å². The number of rotatable bonds is 2. The maximum absolute atomic E-state index is 13.0. The Morgan fingerprint density at radius 3 is 2.60 bits per heavy atom. The summed E-state index contributed by atoms with van der Waals surface area (Å²) in [5.74, 6) is -0.691. The Balaban J connectivity index is 2.42. The van der Waals surface area contributed by atoms with Crippen LogP contribution in [0.5, 0.6) is 0 Å². The maximum Gasteiger partial charge on any atom is 0.416 e. The van der Waals surface area contributed by atoms with Gasteiger partial charge >= 0.3 is 6.18 Å². The van der Waals surface area contributed by atoms with E-state index in [1.165, 1.54) is 18.2 Å². The number of hydrogen-bond acceptors (Lipinski definition) is 3. The Kier molecular flexibility index (Phi) is 4.01. The number of carbonyl (C=O) groups excluding carboxylic acids is 1. The van der Waals surface area contributed by atoms with Crippen LogP contribution in [0.3, 0.4) is 0 Å². The van der Waals surface area contributed by atoms with Crippen molar-refractivity contribution in [2.75, 3.05) is 13.2 Å². The van der Waals surface area contributed by atoms with Crippen molar-refractivity contribution in [1.29, 1.82) is 0 Å². The number of β-amino-alcohol motifs (C(OH)–C–C–N with tert-alkyl or cyclic N) is 1. The predicted octanol–water partition coefficient (Wildman–Crippen LogP) is 1.33. The lowest BCUT2D eigenvalue weighted by atomic mass is 9.97. The highest BCUT2D eigenvalue weighted by molar-refractivity contribution is 5.78. The van der Waals surface area contributed by atoms with Gasteiger partial charge in [-0.3, -0.25) is 4.79 Å². The van der Waals surface area contributed by atoms with Gasteiger partial charge in [-0.05, 0) is 18.1 Å². The van der Waals surface area contributed by atoms with E-state index in [1.54, 1.807) is 0 Å². The molecule has 0 unspecified atom stereocenters. The molecule has 110 valence electrons. The van der Waals surface area contributed by atoms with Crippen molar-refractivity contribution in [2.45, 2.75) is 24.7 Å². The predicted molar refractivity (Wildman–Crippen MR) is 63.6 cm³/mol. The normalized spacial score (nSPS) is 23.1. The SMILES string of the molecule is O=C(CO)N1C[C@@H](O)C[C@@H]1c1ccccc1C(F)(F)F. The molecule has 0 aromatic heterocycles. The molecule has 2 N–H and O–H groups in total. The summed E-state index contributed by atoms with van der Waals surface area (Å²) >= 11 is 0. The second-order valence-corrected chi connectivity index (χ2v) is 4.69. The number of alkyl halides is 3. The van der Waals surface area contributed by atoms with Crippen molar-refractivity contribution in [3.05, 3.63) is 35.4 Å². The largest absolute Gasteiger partial charge is 0.416 e. The minimum absolute atomic E-state index is 0.0266. The Morgan fingerprint density at radius 2 is 2.00 bits per heavy atom. The van der Waals surface area contributed by atoms with Gasteiger partial charge in [0.2, 0.25) is 5.91 Å². The zero-order valence-corrected chi connectivity index (χ0v) is 10.5. The van der Waals surface area contributed by atoms with E-state index in [-0.39, 0.29) is 18.5 Å². The standard InChI is InChI=1S/C13H14F3NO3/c14-13(15,16)10-4-2-1-3-9(10)11-5-8(19)6-17(11)12(20)7-18/h1-4,8,11,18-19H,5-7H2/t8-,11+/m0/s1. The molecule has 4 nitrogen and oxygen atoms in total. The summed E-state index contributed by atoms with van der Waals surface area (Å²) in [5, 5.41) is 18.5. The topological polar surface area (TPSA) is 60.8 Å². The minimum atomic E-state index is -4.53. The highest BCUT2D eigenvalue weighted by Crippen LogP contribution is 2.40. The van der Waals surface area contributed by atoms with E-state index >= 15 is 0 Å². The van der Waals surface area contributed by atoms with Crippen LogP contribution < -0.4 is 0 Å². The molecule has 2 atom stereocenters. The highest BCUT2D eigenvalue weighted by Gasteiger charge is 2.41. The third-order valence-corrected chi connectivity index (χ3v) is 3.36. The first-order valence-corrected chi connectivity index (χ1v) is 6.09. The van der Waals surface area contributed by atoms with Gasteiger partial charge in [0.1, 0.15) is 6.61 Å². The van der Waals surface area contributed by atoms with Gasteiger partial charge in [-0.2, -0.15) is 13.2 Å². The van der Waals surface area contributed by atoms with Crippen molar-refractivity contribution < 1.29 is 28.2 Å². The van der Waals surface area contributed by atoms with E-state index in [2.05, 4.69) is 0 Å². The summed E-state index contributed by atoms with van der Waals surface area (Å²) in [5.41, 5.74) is -0.881. The van der Waals surface area contributed by atoms with Gasteiger partial charge in [0, 0.05) is 6.54 Å². The average Bonchev–Trinajstić information content (AvgIpc) is 2.79.